The molecule has 0 spiro atoms. The lowest BCUT2D eigenvalue weighted by Gasteiger charge is -2.39. The first-order valence-electron chi connectivity index (χ1n) is 15.8. The number of thioether (sulfide) groups is 1. The van der Waals surface area contributed by atoms with Crippen molar-refractivity contribution in [3.8, 4) is 11.1 Å². The van der Waals surface area contributed by atoms with Crippen LogP contribution in [0, 0.1) is 11.6 Å². The lowest BCUT2D eigenvalue weighted by atomic mass is 9.94. The monoisotopic (exact) mass is 692 g/mol. The van der Waals surface area contributed by atoms with E-state index in [4.69, 9.17) is 5.73 Å². The number of piperazine rings is 2. The van der Waals surface area contributed by atoms with E-state index < -0.39 is 40.2 Å². The highest BCUT2D eigenvalue weighted by Gasteiger charge is 2.42. The SMILES string of the molecule is CCN1CCN(C[C@H]2CSc3c(-c4c(F)cc(F)c5sc(N)nc45)c(C(F)(F)F)cc4c(N5CC6CCC(C5)N6)nc(=O)n2c34)CC1. The lowest BCUT2D eigenvalue weighted by molar-refractivity contribution is -0.137. The minimum atomic E-state index is -4.92. The van der Waals surface area contributed by atoms with Crippen LogP contribution in [-0.2, 0) is 6.18 Å². The van der Waals surface area contributed by atoms with Gasteiger partial charge < -0.3 is 20.9 Å². The Kier molecular flexibility index (Phi) is 7.66. The van der Waals surface area contributed by atoms with Crippen molar-refractivity contribution < 1.29 is 22.0 Å². The van der Waals surface area contributed by atoms with Gasteiger partial charge in [0.1, 0.15) is 17.5 Å². The Morgan fingerprint density at radius 1 is 1.00 bits per heavy atom. The van der Waals surface area contributed by atoms with Gasteiger partial charge in [-0.25, -0.2) is 18.6 Å². The van der Waals surface area contributed by atoms with Gasteiger partial charge in [-0.05, 0) is 25.5 Å². The van der Waals surface area contributed by atoms with E-state index in [0.29, 0.717) is 31.2 Å². The number of nitrogens with two attached hydrogens (primary N) is 1. The average Bonchev–Trinajstić information content (AvgIpc) is 3.59. The predicted molar refractivity (Wildman–Crippen MR) is 174 cm³/mol. The van der Waals surface area contributed by atoms with E-state index >= 15 is 17.6 Å². The van der Waals surface area contributed by atoms with Crippen LogP contribution in [0.15, 0.2) is 21.8 Å². The Balaban J connectivity index is 1.39. The quantitative estimate of drug-likeness (QED) is 0.287. The number of fused-ring (bicyclic) bond motifs is 3. The minimum absolute atomic E-state index is 0.0960. The van der Waals surface area contributed by atoms with Crippen molar-refractivity contribution in [2.75, 3.05) is 68.7 Å². The van der Waals surface area contributed by atoms with Crippen molar-refractivity contribution in [3.63, 3.8) is 0 Å². The summed E-state index contributed by atoms with van der Waals surface area (Å²) >= 11 is 1.91. The first kappa shape index (κ1) is 31.2. The molecule has 8 rings (SSSR count). The molecule has 6 heterocycles. The highest BCUT2D eigenvalue weighted by Crippen LogP contribution is 2.52. The van der Waals surface area contributed by atoms with Gasteiger partial charge >= 0.3 is 11.9 Å². The molecule has 3 fully saturated rings. The molecule has 47 heavy (non-hydrogen) atoms. The third-order valence-electron chi connectivity index (χ3n) is 9.97. The van der Waals surface area contributed by atoms with Crippen LogP contribution in [0.2, 0.25) is 0 Å². The highest BCUT2D eigenvalue weighted by molar-refractivity contribution is 7.99. The molecule has 3 N–H and O–H groups in total. The van der Waals surface area contributed by atoms with E-state index in [1.54, 1.807) is 0 Å². The van der Waals surface area contributed by atoms with E-state index in [1.165, 1.54) is 16.3 Å². The Labute approximate surface area is 274 Å². The summed E-state index contributed by atoms with van der Waals surface area (Å²) < 4.78 is 77.7. The van der Waals surface area contributed by atoms with Crippen molar-refractivity contribution in [2.24, 2.45) is 0 Å². The van der Waals surface area contributed by atoms with Gasteiger partial charge in [0.15, 0.2) is 5.13 Å². The van der Waals surface area contributed by atoms with Gasteiger partial charge in [-0.2, -0.15) is 18.2 Å². The number of hydrogen-bond acceptors (Lipinski definition) is 10. The molecule has 2 unspecified atom stereocenters. The standard InChI is InChI=1S/C31H33F5N8OS2/c1-2-41-5-7-42(8-6-41)13-17-14-46-27-22(23-20(32)10-21(33)26-24(23)39-29(37)47-26)19(31(34,35)36)9-18-25(27)44(17)30(45)40-28(18)43-11-15-3-4-16(12-43)38-15/h9-10,15-17,38H,2-8,11-14H2,1H3,(H2,37,39)/t15?,16?,17-/m0/s1. The Morgan fingerprint density at radius 2 is 1.70 bits per heavy atom. The van der Waals surface area contributed by atoms with E-state index in [9.17, 15) is 9.18 Å². The summed E-state index contributed by atoms with van der Waals surface area (Å²) in [6, 6.07) is 1.49. The molecular formula is C31H33F5N8OS2. The number of alkyl halides is 3. The fourth-order valence-electron chi connectivity index (χ4n) is 7.76. The van der Waals surface area contributed by atoms with Gasteiger partial charge in [0.25, 0.3) is 0 Å². The summed E-state index contributed by atoms with van der Waals surface area (Å²) in [4.78, 5) is 29.3. The molecule has 250 valence electrons. The Hall–Kier alpha value is -3.05. The second-order valence-electron chi connectivity index (χ2n) is 12.8. The van der Waals surface area contributed by atoms with Crippen molar-refractivity contribution >= 4 is 55.2 Å². The van der Waals surface area contributed by atoms with Gasteiger partial charge in [-0.15, -0.1) is 11.8 Å². The molecule has 4 aliphatic rings. The van der Waals surface area contributed by atoms with Crippen molar-refractivity contribution in [2.45, 2.75) is 49.0 Å². The van der Waals surface area contributed by atoms with Crippen LogP contribution in [0.3, 0.4) is 0 Å². The molecule has 2 aromatic heterocycles. The van der Waals surface area contributed by atoms with E-state index in [1.807, 2.05) is 4.90 Å². The normalized spacial score (nSPS) is 23.8. The number of thiazole rings is 1. The minimum Gasteiger partial charge on any atom is -0.375 e. The third-order valence-corrected chi connectivity index (χ3v) is 12.1. The van der Waals surface area contributed by atoms with Gasteiger partial charge in [0.05, 0.1) is 27.3 Å². The number of likely N-dealkylation sites (N-methyl/N-ethyl adjacent to an activating group) is 1. The summed E-state index contributed by atoms with van der Waals surface area (Å²) in [6.07, 6.45) is -3.07. The average molecular weight is 693 g/mol. The molecule has 2 aromatic carbocycles. The maximum atomic E-state index is 15.9. The molecule has 0 aliphatic carbocycles. The van der Waals surface area contributed by atoms with Crippen LogP contribution in [0.5, 0.6) is 0 Å². The highest BCUT2D eigenvalue weighted by atomic mass is 32.2. The van der Waals surface area contributed by atoms with Crippen molar-refractivity contribution in [3.05, 3.63) is 39.8 Å². The second-order valence-corrected chi connectivity index (χ2v) is 14.9. The molecule has 0 saturated carbocycles. The van der Waals surface area contributed by atoms with Crippen LogP contribution < -0.4 is 21.6 Å². The van der Waals surface area contributed by atoms with E-state index in [-0.39, 0.29) is 55.3 Å². The first-order valence-corrected chi connectivity index (χ1v) is 17.6. The molecule has 0 amide bonds. The Bertz CT molecular complexity index is 1940. The molecule has 2 bridgehead atoms. The predicted octanol–water partition coefficient (Wildman–Crippen LogP) is 4.78. The fraction of sp³-hybridized carbons (Fsp3) is 0.516. The van der Waals surface area contributed by atoms with Crippen LogP contribution in [0.1, 0.15) is 31.4 Å². The number of benzene rings is 2. The van der Waals surface area contributed by atoms with Gasteiger partial charge in [0.2, 0.25) is 0 Å². The summed E-state index contributed by atoms with van der Waals surface area (Å²) in [7, 11) is 0. The van der Waals surface area contributed by atoms with Gasteiger partial charge in [-0.3, -0.25) is 9.47 Å². The molecule has 16 heteroatoms. The van der Waals surface area contributed by atoms with Crippen molar-refractivity contribution in [1.82, 2.24) is 29.7 Å². The summed E-state index contributed by atoms with van der Waals surface area (Å²) in [5.74, 6) is -1.65. The number of halogens is 5. The third kappa shape index (κ3) is 5.27. The van der Waals surface area contributed by atoms with Crippen molar-refractivity contribution in [1.29, 1.82) is 0 Å². The number of nitrogen functional groups attached to an aromatic ring is 1. The van der Waals surface area contributed by atoms with Crippen LogP contribution in [0.25, 0.3) is 32.2 Å². The zero-order chi connectivity index (χ0) is 32.8. The number of nitrogens with zero attached hydrogens (tertiary/aromatic N) is 6. The van der Waals surface area contributed by atoms with Gasteiger partial charge in [-0.1, -0.05) is 18.3 Å². The number of aromatic nitrogens is 3. The van der Waals surface area contributed by atoms with E-state index in [2.05, 4.69) is 32.0 Å². The molecule has 3 atom stereocenters. The number of nitrogens with one attached hydrogen (secondary N) is 1. The van der Waals surface area contributed by atoms with Gasteiger partial charge in [0, 0.05) is 91.1 Å². The first-order chi connectivity index (χ1) is 22.5. The molecule has 0 radical (unpaired) electrons. The van der Waals surface area contributed by atoms with E-state index in [0.717, 1.165) is 63.0 Å². The smallest absolute Gasteiger partial charge is 0.375 e. The summed E-state index contributed by atoms with van der Waals surface area (Å²) in [5.41, 5.74) is 3.32. The molecule has 3 saturated heterocycles. The largest absolute Gasteiger partial charge is 0.417 e. The summed E-state index contributed by atoms with van der Waals surface area (Å²) in [5, 5.41) is 3.62. The molecule has 4 aromatic rings. The maximum Gasteiger partial charge on any atom is 0.417 e. The van der Waals surface area contributed by atoms with Crippen LogP contribution >= 0.6 is 23.1 Å². The number of rotatable bonds is 5. The molecule has 4 aliphatic heterocycles. The van der Waals surface area contributed by atoms with Crippen LogP contribution in [0.4, 0.5) is 32.9 Å². The molecule has 9 nitrogen and oxygen atoms in total. The zero-order valence-electron chi connectivity index (χ0n) is 25.5. The maximum absolute atomic E-state index is 15.9. The zero-order valence-corrected chi connectivity index (χ0v) is 27.2. The molecular weight excluding hydrogens is 660 g/mol. The fourth-order valence-corrected chi connectivity index (χ4v) is 9.82. The Morgan fingerprint density at radius 3 is 2.38 bits per heavy atom. The second kappa shape index (κ2) is 11.5. The number of anilines is 2. The number of hydrogen-bond donors (Lipinski definition) is 2. The lowest BCUT2D eigenvalue weighted by Crippen LogP contribution is -2.52. The van der Waals surface area contributed by atoms with Crippen LogP contribution in [-0.4, -0.2) is 94.5 Å². The topological polar surface area (TPSA) is 95.6 Å². The summed E-state index contributed by atoms with van der Waals surface area (Å²) in [6.45, 7) is 7.96.